The fraction of sp³-hybridized carbons (Fsp3) is 0.455. The lowest BCUT2D eigenvalue weighted by atomic mass is 10.1. The van der Waals surface area contributed by atoms with Gasteiger partial charge in [0.15, 0.2) is 5.69 Å². The first-order chi connectivity index (χ1) is 8.57. The highest BCUT2D eigenvalue weighted by Gasteiger charge is 2.50. The first-order valence-corrected chi connectivity index (χ1v) is 5.47. The molecule has 1 saturated carbocycles. The molecule has 1 heterocycles. The molecule has 0 aliphatic heterocycles. The predicted octanol–water partition coefficient (Wildman–Crippen LogP) is 0.540. The fourth-order valence-corrected chi connectivity index (χ4v) is 1.52. The van der Waals surface area contributed by atoms with Gasteiger partial charge in [-0.3, -0.25) is 4.79 Å². The fourth-order valence-electron chi connectivity index (χ4n) is 1.52. The third-order valence-electron chi connectivity index (χ3n) is 2.97. The Kier molecular flexibility index (Phi) is 3.14. The summed E-state index contributed by atoms with van der Waals surface area (Å²) in [7, 11) is 1.26. The van der Waals surface area contributed by atoms with Crippen LogP contribution in [0.3, 0.4) is 0 Å². The summed E-state index contributed by atoms with van der Waals surface area (Å²) in [5, 5.41) is 19.4. The highest BCUT2D eigenvalue weighted by molar-refractivity contribution is 5.87. The second kappa shape index (κ2) is 4.59. The molecule has 1 aliphatic rings. The number of carbonyl (C=O) groups is 2. The van der Waals surface area contributed by atoms with Crippen molar-refractivity contribution >= 4 is 17.8 Å². The smallest absolute Gasteiger partial charge is 0.358 e. The number of aliphatic carboxylic acids is 1. The molecule has 0 saturated heterocycles. The second-order valence-electron chi connectivity index (χ2n) is 4.23. The lowest BCUT2D eigenvalue weighted by Gasteiger charge is -2.10. The molecule has 0 unspecified atom stereocenters. The van der Waals surface area contributed by atoms with E-state index in [0.29, 0.717) is 25.2 Å². The zero-order chi connectivity index (χ0) is 13.2. The number of carboxylic acid groups (broad SMARTS) is 1. The van der Waals surface area contributed by atoms with Crippen molar-refractivity contribution < 1.29 is 19.4 Å². The Bertz CT molecular complexity index is 468. The normalized spacial score (nSPS) is 15.8. The van der Waals surface area contributed by atoms with E-state index < -0.39 is 17.4 Å². The van der Waals surface area contributed by atoms with Crippen LogP contribution in [0, 0.1) is 5.41 Å². The number of carboxylic acids is 1. The van der Waals surface area contributed by atoms with Crippen LogP contribution in [0.25, 0.3) is 0 Å². The van der Waals surface area contributed by atoms with Crippen LogP contribution in [0.5, 0.6) is 0 Å². The van der Waals surface area contributed by atoms with E-state index in [0.717, 1.165) is 0 Å². The highest BCUT2D eigenvalue weighted by Crippen LogP contribution is 2.45. The summed E-state index contributed by atoms with van der Waals surface area (Å²) < 4.78 is 4.49. The van der Waals surface area contributed by atoms with Crippen LogP contribution in [0.1, 0.15) is 23.3 Å². The molecule has 7 heteroatoms. The Morgan fingerprint density at radius 1 is 1.44 bits per heavy atom. The summed E-state index contributed by atoms with van der Waals surface area (Å²) in [5.74, 6) is -0.914. The summed E-state index contributed by atoms with van der Waals surface area (Å²) in [4.78, 5) is 22.1. The number of esters is 1. The number of hydrogen-bond donors (Lipinski definition) is 2. The van der Waals surface area contributed by atoms with E-state index >= 15 is 0 Å². The summed E-state index contributed by atoms with van der Waals surface area (Å²) in [6.45, 7) is 0.314. The maximum absolute atomic E-state index is 11.1. The van der Waals surface area contributed by atoms with E-state index in [4.69, 9.17) is 5.11 Å². The Balaban J connectivity index is 1.95. The van der Waals surface area contributed by atoms with Crippen LogP contribution < -0.4 is 5.32 Å². The summed E-state index contributed by atoms with van der Waals surface area (Å²) in [6.07, 6.45) is 1.34. The molecule has 0 amide bonds. The van der Waals surface area contributed by atoms with Gasteiger partial charge in [0.25, 0.3) is 0 Å². The molecule has 18 heavy (non-hydrogen) atoms. The average molecular weight is 251 g/mol. The number of ether oxygens (including phenoxy) is 1. The molecule has 0 aromatic carbocycles. The first-order valence-electron chi connectivity index (χ1n) is 5.47. The number of methoxy groups -OCH3 is 1. The zero-order valence-electron chi connectivity index (χ0n) is 9.84. The Labute approximate surface area is 103 Å². The molecule has 0 atom stereocenters. The molecule has 2 N–H and O–H groups in total. The third-order valence-corrected chi connectivity index (χ3v) is 2.97. The molecule has 0 spiro atoms. The van der Waals surface area contributed by atoms with Gasteiger partial charge in [-0.2, -0.15) is 0 Å². The molecule has 96 valence electrons. The highest BCUT2D eigenvalue weighted by atomic mass is 16.5. The van der Waals surface area contributed by atoms with Gasteiger partial charge in [0.1, 0.15) is 5.82 Å². The minimum Gasteiger partial charge on any atom is -0.481 e. The lowest BCUT2D eigenvalue weighted by molar-refractivity contribution is -0.142. The lowest BCUT2D eigenvalue weighted by Crippen LogP contribution is -2.24. The summed E-state index contributed by atoms with van der Waals surface area (Å²) in [6, 6.07) is 3.04. The maximum atomic E-state index is 11.1. The molecule has 1 aromatic heterocycles. The number of carbonyl (C=O) groups excluding carboxylic acids is 1. The molecular weight excluding hydrogens is 238 g/mol. The zero-order valence-corrected chi connectivity index (χ0v) is 9.84. The minimum atomic E-state index is -0.797. The molecule has 1 aliphatic carbocycles. The number of nitrogens with zero attached hydrogens (tertiary/aromatic N) is 2. The van der Waals surface area contributed by atoms with Crippen LogP contribution in [0.15, 0.2) is 12.1 Å². The Morgan fingerprint density at radius 2 is 2.17 bits per heavy atom. The van der Waals surface area contributed by atoms with Crippen LogP contribution >= 0.6 is 0 Å². The van der Waals surface area contributed by atoms with Crippen LogP contribution in [-0.2, 0) is 9.53 Å². The number of rotatable bonds is 5. The van der Waals surface area contributed by atoms with Gasteiger partial charge in [-0.15, -0.1) is 10.2 Å². The third kappa shape index (κ3) is 2.39. The number of hydrogen-bond acceptors (Lipinski definition) is 6. The maximum Gasteiger partial charge on any atom is 0.358 e. The van der Waals surface area contributed by atoms with Crippen molar-refractivity contribution in [2.45, 2.75) is 12.8 Å². The van der Waals surface area contributed by atoms with Gasteiger partial charge in [-0.1, -0.05) is 0 Å². The van der Waals surface area contributed by atoms with Crippen LogP contribution in [-0.4, -0.2) is 40.9 Å². The SMILES string of the molecule is COC(=O)c1ccc(NCC2(C(=O)O)CC2)nn1. The first kappa shape index (κ1) is 12.3. The summed E-state index contributed by atoms with van der Waals surface area (Å²) >= 11 is 0. The van der Waals surface area contributed by atoms with Crippen molar-refractivity contribution in [2.75, 3.05) is 19.0 Å². The van der Waals surface area contributed by atoms with E-state index in [9.17, 15) is 9.59 Å². The second-order valence-corrected chi connectivity index (χ2v) is 4.23. The van der Waals surface area contributed by atoms with Crippen molar-refractivity contribution in [3.63, 3.8) is 0 Å². The largest absolute Gasteiger partial charge is 0.481 e. The van der Waals surface area contributed by atoms with Gasteiger partial charge in [0.05, 0.1) is 12.5 Å². The topological polar surface area (TPSA) is 101 Å². The molecule has 1 aromatic rings. The van der Waals surface area contributed by atoms with E-state index in [-0.39, 0.29) is 5.69 Å². The molecule has 0 radical (unpaired) electrons. The molecule has 1 fully saturated rings. The number of aromatic nitrogens is 2. The number of nitrogens with one attached hydrogen (secondary N) is 1. The van der Waals surface area contributed by atoms with E-state index in [2.05, 4.69) is 20.3 Å². The van der Waals surface area contributed by atoms with Crippen molar-refractivity contribution in [3.05, 3.63) is 17.8 Å². The van der Waals surface area contributed by atoms with Gasteiger partial charge in [0, 0.05) is 6.54 Å². The van der Waals surface area contributed by atoms with Crippen molar-refractivity contribution in [3.8, 4) is 0 Å². The van der Waals surface area contributed by atoms with Crippen LogP contribution in [0.2, 0.25) is 0 Å². The van der Waals surface area contributed by atoms with Gasteiger partial charge in [-0.05, 0) is 25.0 Å². The molecule has 7 nitrogen and oxygen atoms in total. The molecular formula is C11H13N3O4. The van der Waals surface area contributed by atoms with E-state index in [1.54, 1.807) is 6.07 Å². The Morgan fingerprint density at radius 3 is 2.61 bits per heavy atom. The van der Waals surface area contributed by atoms with E-state index in [1.807, 2.05) is 0 Å². The standard InChI is InChI=1S/C11H13N3O4/c1-18-9(15)7-2-3-8(14-13-7)12-6-11(4-5-11)10(16)17/h2-3H,4-6H2,1H3,(H,12,14)(H,16,17). The minimum absolute atomic E-state index is 0.113. The summed E-state index contributed by atoms with van der Waals surface area (Å²) in [5.41, 5.74) is -0.551. The number of anilines is 1. The van der Waals surface area contributed by atoms with Gasteiger partial charge >= 0.3 is 11.9 Å². The Hall–Kier alpha value is -2.18. The van der Waals surface area contributed by atoms with Crippen molar-refractivity contribution in [1.29, 1.82) is 0 Å². The van der Waals surface area contributed by atoms with Crippen molar-refractivity contribution in [2.24, 2.45) is 5.41 Å². The van der Waals surface area contributed by atoms with E-state index in [1.165, 1.54) is 13.2 Å². The molecule has 0 bridgehead atoms. The molecule has 2 rings (SSSR count). The van der Waals surface area contributed by atoms with Gasteiger partial charge in [-0.25, -0.2) is 4.79 Å². The van der Waals surface area contributed by atoms with Gasteiger partial charge in [0.2, 0.25) is 0 Å². The quantitative estimate of drug-likeness (QED) is 0.736. The van der Waals surface area contributed by atoms with Crippen molar-refractivity contribution in [1.82, 2.24) is 10.2 Å². The predicted molar refractivity (Wildman–Crippen MR) is 61.2 cm³/mol. The van der Waals surface area contributed by atoms with Crippen LogP contribution in [0.4, 0.5) is 5.82 Å². The monoisotopic (exact) mass is 251 g/mol. The average Bonchev–Trinajstić information content (AvgIpc) is 3.17. The van der Waals surface area contributed by atoms with Gasteiger partial charge < -0.3 is 15.2 Å².